The number of hydrogen-bond donors (Lipinski definition) is 1. The molecule has 0 aliphatic rings. The number of methoxy groups -OCH3 is 1. The Morgan fingerprint density at radius 2 is 2.25 bits per heavy atom. The second kappa shape index (κ2) is 3.81. The van der Waals surface area contributed by atoms with Crippen LogP contribution in [0.3, 0.4) is 0 Å². The fourth-order valence-corrected chi connectivity index (χ4v) is 0.908. The van der Waals surface area contributed by atoms with E-state index in [-0.39, 0.29) is 5.75 Å². The molecule has 0 fully saturated rings. The lowest BCUT2D eigenvalue weighted by atomic mass is 10.2. The van der Waals surface area contributed by atoms with E-state index in [0.29, 0.717) is 0 Å². The average Bonchev–Trinajstić information content (AvgIpc) is 2.04. The van der Waals surface area contributed by atoms with Gasteiger partial charge in [0.25, 0.3) is 0 Å². The van der Waals surface area contributed by atoms with Crippen LogP contribution in [0.2, 0.25) is 0 Å². The molecule has 0 aromatic heterocycles. The number of rotatable bonds is 2. The summed E-state index contributed by atoms with van der Waals surface area (Å²) in [5, 5.41) is 9.13. The van der Waals surface area contributed by atoms with Crippen molar-refractivity contribution < 1.29 is 9.84 Å². The SMILES string of the molecule is COC(C)=Cc1cccc(O)c1. The molecule has 0 saturated heterocycles. The third-order valence-electron chi connectivity index (χ3n) is 1.56. The predicted octanol–water partition coefficient (Wildman–Crippen LogP) is 2.40. The van der Waals surface area contributed by atoms with Crippen molar-refractivity contribution in [3.63, 3.8) is 0 Å². The minimum Gasteiger partial charge on any atom is -0.508 e. The average molecular weight is 164 g/mol. The molecule has 1 aromatic carbocycles. The van der Waals surface area contributed by atoms with Gasteiger partial charge in [0.2, 0.25) is 0 Å². The third-order valence-corrected chi connectivity index (χ3v) is 1.56. The standard InChI is InChI=1S/C10H12O2/c1-8(12-2)6-9-4-3-5-10(11)7-9/h3-7,11H,1-2H3. The molecule has 0 amide bonds. The summed E-state index contributed by atoms with van der Waals surface area (Å²) in [4.78, 5) is 0. The van der Waals surface area contributed by atoms with Gasteiger partial charge >= 0.3 is 0 Å². The lowest BCUT2D eigenvalue weighted by molar-refractivity contribution is 0.297. The van der Waals surface area contributed by atoms with E-state index in [4.69, 9.17) is 9.84 Å². The van der Waals surface area contributed by atoms with Crippen LogP contribution in [0.4, 0.5) is 0 Å². The van der Waals surface area contributed by atoms with E-state index in [9.17, 15) is 0 Å². The van der Waals surface area contributed by atoms with Gasteiger partial charge in [-0.05, 0) is 30.7 Å². The molecule has 0 bridgehead atoms. The van der Waals surface area contributed by atoms with E-state index in [2.05, 4.69) is 0 Å². The number of aromatic hydroxyl groups is 1. The molecule has 0 spiro atoms. The van der Waals surface area contributed by atoms with Crippen LogP contribution < -0.4 is 0 Å². The lowest BCUT2D eigenvalue weighted by Crippen LogP contribution is -1.79. The van der Waals surface area contributed by atoms with E-state index in [1.807, 2.05) is 19.1 Å². The molecule has 0 aliphatic carbocycles. The van der Waals surface area contributed by atoms with Crippen LogP contribution in [0.25, 0.3) is 6.08 Å². The summed E-state index contributed by atoms with van der Waals surface area (Å²) in [6.45, 7) is 1.87. The Balaban J connectivity index is 2.89. The number of ether oxygens (including phenoxy) is 1. The lowest BCUT2D eigenvalue weighted by Gasteiger charge is -1.99. The molecular weight excluding hydrogens is 152 g/mol. The van der Waals surface area contributed by atoms with Crippen LogP contribution in [0.1, 0.15) is 12.5 Å². The highest BCUT2D eigenvalue weighted by Crippen LogP contribution is 2.13. The highest BCUT2D eigenvalue weighted by molar-refractivity contribution is 5.52. The number of phenols is 1. The fourth-order valence-electron chi connectivity index (χ4n) is 0.908. The summed E-state index contributed by atoms with van der Waals surface area (Å²) in [5.74, 6) is 1.09. The quantitative estimate of drug-likeness (QED) is 0.680. The van der Waals surface area contributed by atoms with Crippen molar-refractivity contribution in [2.24, 2.45) is 0 Å². The molecule has 0 atom stereocenters. The van der Waals surface area contributed by atoms with Crippen molar-refractivity contribution in [2.45, 2.75) is 6.92 Å². The Morgan fingerprint density at radius 3 is 2.83 bits per heavy atom. The number of allylic oxidation sites excluding steroid dienone is 1. The molecule has 2 nitrogen and oxygen atoms in total. The fraction of sp³-hybridized carbons (Fsp3) is 0.200. The first-order valence-electron chi connectivity index (χ1n) is 3.73. The van der Waals surface area contributed by atoms with Crippen LogP contribution in [0, 0.1) is 0 Å². The summed E-state index contributed by atoms with van der Waals surface area (Å²) in [6, 6.07) is 7.02. The number of benzene rings is 1. The van der Waals surface area contributed by atoms with E-state index < -0.39 is 0 Å². The van der Waals surface area contributed by atoms with Crippen molar-refractivity contribution in [2.75, 3.05) is 7.11 Å². The molecule has 0 saturated carbocycles. The van der Waals surface area contributed by atoms with Crippen LogP contribution in [0.15, 0.2) is 30.0 Å². The first-order valence-corrected chi connectivity index (χ1v) is 3.73. The maximum Gasteiger partial charge on any atom is 0.116 e. The summed E-state index contributed by atoms with van der Waals surface area (Å²) >= 11 is 0. The maximum atomic E-state index is 9.13. The zero-order valence-corrected chi connectivity index (χ0v) is 7.24. The van der Waals surface area contributed by atoms with Gasteiger partial charge in [-0.15, -0.1) is 0 Å². The zero-order valence-electron chi connectivity index (χ0n) is 7.24. The zero-order chi connectivity index (χ0) is 8.97. The molecule has 12 heavy (non-hydrogen) atoms. The molecule has 0 radical (unpaired) electrons. The summed E-state index contributed by atoms with van der Waals surface area (Å²) < 4.78 is 4.97. The minimum absolute atomic E-state index is 0.271. The highest BCUT2D eigenvalue weighted by Gasteiger charge is 1.91. The highest BCUT2D eigenvalue weighted by atomic mass is 16.5. The Morgan fingerprint density at radius 1 is 1.50 bits per heavy atom. The summed E-state index contributed by atoms with van der Waals surface area (Å²) in [7, 11) is 1.62. The van der Waals surface area contributed by atoms with Crippen molar-refractivity contribution in [3.05, 3.63) is 35.6 Å². The first-order chi connectivity index (χ1) is 5.72. The second-order valence-corrected chi connectivity index (χ2v) is 2.55. The van der Waals surface area contributed by atoms with E-state index >= 15 is 0 Å². The van der Waals surface area contributed by atoms with Crippen LogP contribution in [-0.4, -0.2) is 12.2 Å². The van der Waals surface area contributed by atoms with E-state index in [1.54, 1.807) is 25.3 Å². The topological polar surface area (TPSA) is 29.5 Å². The smallest absolute Gasteiger partial charge is 0.116 e. The monoisotopic (exact) mass is 164 g/mol. The second-order valence-electron chi connectivity index (χ2n) is 2.55. The van der Waals surface area contributed by atoms with Gasteiger partial charge < -0.3 is 9.84 Å². The minimum atomic E-state index is 0.271. The Labute approximate surface area is 72.1 Å². The van der Waals surface area contributed by atoms with Crippen LogP contribution in [-0.2, 0) is 4.74 Å². The molecule has 1 rings (SSSR count). The van der Waals surface area contributed by atoms with Crippen LogP contribution >= 0.6 is 0 Å². The Hall–Kier alpha value is -1.44. The van der Waals surface area contributed by atoms with E-state index in [0.717, 1.165) is 11.3 Å². The first kappa shape index (κ1) is 8.65. The molecule has 0 unspecified atom stereocenters. The summed E-state index contributed by atoms with van der Waals surface area (Å²) in [5.41, 5.74) is 0.939. The summed E-state index contributed by atoms with van der Waals surface area (Å²) in [6.07, 6.45) is 1.86. The van der Waals surface area contributed by atoms with Gasteiger partial charge in [-0.1, -0.05) is 12.1 Å². The van der Waals surface area contributed by atoms with E-state index in [1.165, 1.54) is 0 Å². The normalized spacial score (nSPS) is 11.3. The Bertz CT molecular complexity index is 290. The van der Waals surface area contributed by atoms with Gasteiger partial charge in [0.1, 0.15) is 5.75 Å². The van der Waals surface area contributed by atoms with Crippen molar-refractivity contribution in [1.82, 2.24) is 0 Å². The van der Waals surface area contributed by atoms with Gasteiger partial charge in [-0.2, -0.15) is 0 Å². The molecular formula is C10H12O2. The Kier molecular flexibility index (Phi) is 2.75. The van der Waals surface area contributed by atoms with Gasteiger partial charge in [-0.25, -0.2) is 0 Å². The molecule has 64 valence electrons. The van der Waals surface area contributed by atoms with Crippen molar-refractivity contribution in [1.29, 1.82) is 0 Å². The van der Waals surface area contributed by atoms with Crippen molar-refractivity contribution >= 4 is 6.08 Å². The molecule has 2 heteroatoms. The number of phenolic OH excluding ortho intramolecular Hbond substituents is 1. The van der Waals surface area contributed by atoms with Gasteiger partial charge in [0.15, 0.2) is 0 Å². The predicted molar refractivity (Wildman–Crippen MR) is 48.8 cm³/mol. The third kappa shape index (κ3) is 2.31. The molecule has 1 N–H and O–H groups in total. The molecule has 0 heterocycles. The molecule has 1 aromatic rings. The van der Waals surface area contributed by atoms with Gasteiger partial charge in [0.05, 0.1) is 12.9 Å². The molecule has 0 aliphatic heterocycles. The maximum absolute atomic E-state index is 9.13. The van der Waals surface area contributed by atoms with Gasteiger partial charge in [0, 0.05) is 0 Å². The largest absolute Gasteiger partial charge is 0.508 e. The van der Waals surface area contributed by atoms with Crippen LogP contribution in [0.5, 0.6) is 5.75 Å². The van der Waals surface area contributed by atoms with Gasteiger partial charge in [-0.3, -0.25) is 0 Å². The van der Waals surface area contributed by atoms with Crippen molar-refractivity contribution in [3.8, 4) is 5.75 Å². The number of hydrogen-bond acceptors (Lipinski definition) is 2.